The van der Waals surface area contributed by atoms with Gasteiger partial charge in [-0.15, -0.1) is 11.3 Å². The van der Waals surface area contributed by atoms with Crippen LogP contribution in [0.4, 0.5) is 22.0 Å². The van der Waals surface area contributed by atoms with Crippen molar-refractivity contribution in [3.8, 4) is 5.75 Å². The molecule has 0 atom stereocenters. The Morgan fingerprint density at radius 3 is 2.48 bits per heavy atom. The Hall–Kier alpha value is -3.01. The van der Waals surface area contributed by atoms with Crippen molar-refractivity contribution >= 4 is 17.2 Å². The number of amides is 1. The normalized spacial score (nSPS) is 11.6. The number of alkyl halides is 5. The summed E-state index contributed by atoms with van der Waals surface area (Å²) in [5.41, 5.74) is 0.870. The molecule has 31 heavy (non-hydrogen) atoms. The third-order valence-corrected chi connectivity index (χ3v) is 5.41. The van der Waals surface area contributed by atoms with E-state index in [1.807, 2.05) is 0 Å². The SMILES string of the molecule is Cc1nc(Cc2cccc(C(F)(F)F)c2)sc1C(=O)NCc1ccc(OC(F)F)cc1. The molecule has 0 aliphatic heterocycles. The third-order valence-electron chi connectivity index (χ3n) is 4.26. The minimum atomic E-state index is -4.43. The molecular formula is C21H17F5N2O2S. The van der Waals surface area contributed by atoms with Crippen molar-refractivity contribution in [3.05, 3.63) is 80.8 Å². The molecule has 164 valence electrons. The van der Waals surface area contributed by atoms with Crippen LogP contribution in [0.2, 0.25) is 0 Å². The van der Waals surface area contributed by atoms with Crippen LogP contribution in [0.25, 0.3) is 0 Å². The van der Waals surface area contributed by atoms with Crippen LogP contribution in [0.15, 0.2) is 48.5 Å². The third kappa shape index (κ3) is 6.24. The fraction of sp³-hybridized carbons (Fsp3) is 0.238. The zero-order chi connectivity index (χ0) is 22.6. The Bertz CT molecular complexity index is 1050. The molecule has 0 saturated heterocycles. The second-order valence-electron chi connectivity index (χ2n) is 6.60. The zero-order valence-electron chi connectivity index (χ0n) is 16.2. The van der Waals surface area contributed by atoms with Crippen molar-refractivity contribution in [1.29, 1.82) is 0 Å². The number of nitrogens with zero attached hydrogens (tertiary/aromatic N) is 1. The first kappa shape index (κ1) is 22.7. The number of carbonyl (C=O) groups excluding carboxylic acids is 1. The van der Waals surface area contributed by atoms with Crippen molar-refractivity contribution < 1.29 is 31.5 Å². The second kappa shape index (κ2) is 9.42. The smallest absolute Gasteiger partial charge is 0.416 e. The van der Waals surface area contributed by atoms with Gasteiger partial charge in [-0.25, -0.2) is 4.98 Å². The molecular weight excluding hydrogens is 439 g/mol. The Morgan fingerprint density at radius 2 is 1.84 bits per heavy atom. The molecule has 1 N–H and O–H groups in total. The quantitative estimate of drug-likeness (QED) is 0.472. The van der Waals surface area contributed by atoms with Gasteiger partial charge in [0.25, 0.3) is 5.91 Å². The summed E-state index contributed by atoms with van der Waals surface area (Å²) < 4.78 is 67.3. The number of halogens is 5. The van der Waals surface area contributed by atoms with Gasteiger partial charge in [0.05, 0.1) is 16.3 Å². The van der Waals surface area contributed by atoms with E-state index < -0.39 is 18.4 Å². The summed E-state index contributed by atoms with van der Waals surface area (Å²) in [6, 6.07) is 10.8. The molecule has 0 saturated carbocycles. The maximum absolute atomic E-state index is 12.9. The van der Waals surface area contributed by atoms with E-state index in [9.17, 15) is 26.7 Å². The molecule has 0 spiro atoms. The van der Waals surface area contributed by atoms with Gasteiger partial charge in [0, 0.05) is 13.0 Å². The lowest BCUT2D eigenvalue weighted by Gasteiger charge is -2.07. The van der Waals surface area contributed by atoms with Gasteiger partial charge in [0.15, 0.2) is 0 Å². The minimum absolute atomic E-state index is 0.0163. The topological polar surface area (TPSA) is 51.2 Å². The molecule has 1 amide bonds. The largest absolute Gasteiger partial charge is 0.435 e. The molecule has 0 fully saturated rings. The maximum atomic E-state index is 12.9. The predicted molar refractivity (Wildman–Crippen MR) is 105 cm³/mol. The predicted octanol–water partition coefficient (Wildman–Crippen LogP) is 5.59. The fourth-order valence-corrected chi connectivity index (χ4v) is 3.84. The van der Waals surface area contributed by atoms with Crippen molar-refractivity contribution in [2.45, 2.75) is 32.7 Å². The van der Waals surface area contributed by atoms with Crippen LogP contribution in [-0.4, -0.2) is 17.5 Å². The number of hydrogen-bond acceptors (Lipinski definition) is 4. The molecule has 0 aliphatic carbocycles. The molecule has 1 heterocycles. The zero-order valence-corrected chi connectivity index (χ0v) is 17.0. The minimum Gasteiger partial charge on any atom is -0.435 e. The molecule has 0 unspecified atom stereocenters. The average Bonchev–Trinajstić information content (AvgIpc) is 3.06. The van der Waals surface area contributed by atoms with E-state index in [0.717, 1.165) is 23.5 Å². The Morgan fingerprint density at radius 1 is 1.13 bits per heavy atom. The number of carbonyl (C=O) groups is 1. The van der Waals surface area contributed by atoms with E-state index in [0.29, 0.717) is 26.7 Å². The number of nitrogens with one attached hydrogen (secondary N) is 1. The Kier molecular flexibility index (Phi) is 6.89. The lowest BCUT2D eigenvalue weighted by molar-refractivity contribution is -0.137. The van der Waals surface area contributed by atoms with Gasteiger partial charge in [-0.1, -0.05) is 30.3 Å². The molecule has 0 aliphatic rings. The summed E-state index contributed by atoms with van der Waals surface area (Å²) in [7, 11) is 0. The van der Waals surface area contributed by atoms with Crippen LogP contribution in [-0.2, 0) is 19.1 Å². The van der Waals surface area contributed by atoms with Gasteiger partial charge in [-0.05, 0) is 36.2 Å². The van der Waals surface area contributed by atoms with Crippen molar-refractivity contribution in [2.75, 3.05) is 0 Å². The first-order valence-corrected chi connectivity index (χ1v) is 9.88. The van der Waals surface area contributed by atoms with Gasteiger partial charge in [-0.2, -0.15) is 22.0 Å². The van der Waals surface area contributed by atoms with Gasteiger partial charge in [0.1, 0.15) is 10.6 Å². The lowest BCUT2D eigenvalue weighted by atomic mass is 10.1. The van der Waals surface area contributed by atoms with E-state index in [4.69, 9.17) is 0 Å². The van der Waals surface area contributed by atoms with Crippen molar-refractivity contribution in [2.24, 2.45) is 0 Å². The van der Waals surface area contributed by atoms with Crippen LogP contribution in [0, 0.1) is 6.92 Å². The molecule has 3 rings (SSSR count). The molecule has 3 aromatic rings. The summed E-state index contributed by atoms with van der Waals surface area (Å²) in [6.07, 6.45) is -4.25. The van der Waals surface area contributed by atoms with Gasteiger partial charge < -0.3 is 10.1 Å². The Balaban J connectivity index is 1.63. The fourth-order valence-electron chi connectivity index (χ4n) is 2.82. The number of aryl methyl sites for hydroxylation is 1. The van der Waals surface area contributed by atoms with Gasteiger partial charge in [0.2, 0.25) is 0 Å². The molecule has 0 bridgehead atoms. The van der Waals surface area contributed by atoms with Crippen LogP contribution < -0.4 is 10.1 Å². The van der Waals surface area contributed by atoms with Crippen molar-refractivity contribution in [1.82, 2.24) is 10.3 Å². The number of benzene rings is 2. The number of hydrogen-bond donors (Lipinski definition) is 1. The Labute approximate surface area is 178 Å². The maximum Gasteiger partial charge on any atom is 0.416 e. The average molecular weight is 456 g/mol. The van der Waals surface area contributed by atoms with E-state index in [-0.39, 0.29) is 24.6 Å². The molecule has 0 radical (unpaired) electrons. The summed E-state index contributed by atoms with van der Waals surface area (Å²) in [5.74, 6) is -0.360. The molecule has 2 aromatic carbocycles. The lowest BCUT2D eigenvalue weighted by Crippen LogP contribution is -2.22. The monoisotopic (exact) mass is 456 g/mol. The highest BCUT2D eigenvalue weighted by molar-refractivity contribution is 7.13. The summed E-state index contributed by atoms with van der Waals surface area (Å²) in [5, 5.41) is 3.24. The van der Waals surface area contributed by atoms with Crippen molar-refractivity contribution in [3.63, 3.8) is 0 Å². The number of rotatable bonds is 7. The summed E-state index contributed by atoms with van der Waals surface area (Å²) in [6.45, 7) is -1.10. The van der Waals surface area contributed by atoms with Gasteiger partial charge >= 0.3 is 12.8 Å². The van der Waals surface area contributed by atoms with Crippen LogP contribution >= 0.6 is 11.3 Å². The molecule has 10 heteroatoms. The van der Waals surface area contributed by atoms with E-state index >= 15 is 0 Å². The molecule has 4 nitrogen and oxygen atoms in total. The highest BCUT2D eigenvalue weighted by Gasteiger charge is 2.30. The molecule has 1 aromatic heterocycles. The number of aromatic nitrogens is 1. The highest BCUT2D eigenvalue weighted by atomic mass is 32.1. The number of thiazole rings is 1. The second-order valence-corrected chi connectivity index (χ2v) is 7.69. The standard InChI is InChI=1S/C21H17F5N2O2S/c1-12-18(19(29)27-11-13-5-7-16(8-6-13)30-20(22)23)31-17(28-12)10-14-3-2-4-15(9-14)21(24,25)26/h2-9,20H,10-11H2,1H3,(H,27,29). The summed E-state index contributed by atoms with van der Waals surface area (Å²) >= 11 is 1.11. The van der Waals surface area contributed by atoms with Crippen LogP contribution in [0.5, 0.6) is 5.75 Å². The first-order chi connectivity index (χ1) is 14.6. The van der Waals surface area contributed by atoms with E-state index in [2.05, 4.69) is 15.0 Å². The first-order valence-electron chi connectivity index (χ1n) is 9.06. The highest BCUT2D eigenvalue weighted by Crippen LogP contribution is 2.30. The number of ether oxygens (including phenoxy) is 1. The van der Waals surface area contributed by atoms with Crippen LogP contribution in [0.1, 0.15) is 37.1 Å². The summed E-state index contributed by atoms with van der Waals surface area (Å²) in [4.78, 5) is 17.2. The van der Waals surface area contributed by atoms with Gasteiger partial charge in [-0.3, -0.25) is 4.79 Å². The van der Waals surface area contributed by atoms with E-state index in [1.54, 1.807) is 25.1 Å². The van der Waals surface area contributed by atoms with Crippen LogP contribution in [0.3, 0.4) is 0 Å². The van der Waals surface area contributed by atoms with E-state index in [1.165, 1.54) is 18.2 Å².